The number of carbonyl (C=O) groups excluding carboxylic acids is 3. The number of nitrogens with one attached hydrogen (secondary N) is 2. The zero-order valence-corrected chi connectivity index (χ0v) is 9.62. The van der Waals surface area contributed by atoms with Crippen LogP contribution in [0.3, 0.4) is 0 Å². The molecule has 0 spiro atoms. The number of imide groups is 1. The van der Waals surface area contributed by atoms with Crippen LogP contribution in [0.5, 0.6) is 0 Å². The molecule has 0 bridgehead atoms. The van der Waals surface area contributed by atoms with Crippen molar-refractivity contribution in [3.05, 3.63) is 0 Å². The van der Waals surface area contributed by atoms with Gasteiger partial charge < -0.3 is 10.1 Å². The Balaban J connectivity index is 2.45. The molecule has 0 saturated carbocycles. The second-order valence-corrected chi connectivity index (χ2v) is 4.72. The second kappa shape index (κ2) is 4.51. The van der Waals surface area contributed by atoms with E-state index in [-0.39, 0.29) is 18.7 Å². The lowest BCUT2D eigenvalue weighted by Gasteiger charge is -2.24. The highest BCUT2D eigenvalue weighted by atomic mass is 16.6. The van der Waals surface area contributed by atoms with Gasteiger partial charge in [0.25, 0.3) is 5.91 Å². The van der Waals surface area contributed by atoms with Crippen molar-refractivity contribution < 1.29 is 19.1 Å². The highest BCUT2D eigenvalue weighted by Gasteiger charge is 2.30. The van der Waals surface area contributed by atoms with Crippen LogP contribution in [-0.4, -0.2) is 29.6 Å². The molecular weight excluding hydrogens is 212 g/mol. The summed E-state index contributed by atoms with van der Waals surface area (Å²) in [4.78, 5) is 33.5. The number of hydrogen-bond acceptors (Lipinski definition) is 4. The van der Waals surface area contributed by atoms with Gasteiger partial charge in [0.1, 0.15) is 0 Å². The Hall–Kier alpha value is -1.59. The number of piperidine rings is 1. The number of alkyl carbamates (subject to hydrolysis) is 1. The van der Waals surface area contributed by atoms with Gasteiger partial charge in [-0.3, -0.25) is 14.9 Å². The summed E-state index contributed by atoms with van der Waals surface area (Å²) in [6.07, 6.45) is -1.09. The van der Waals surface area contributed by atoms with Crippen LogP contribution in [0.1, 0.15) is 33.6 Å². The third kappa shape index (κ3) is 3.88. The predicted octanol–water partition coefficient (Wildman–Crippen LogP) is 0.316. The van der Waals surface area contributed by atoms with Crippen molar-refractivity contribution in [2.24, 2.45) is 0 Å². The lowest BCUT2D eigenvalue weighted by atomic mass is 10.1. The van der Waals surface area contributed by atoms with Crippen LogP contribution >= 0.6 is 0 Å². The third-order valence-electron chi connectivity index (χ3n) is 1.92. The molecule has 1 fully saturated rings. The Morgan fingerprint density at radius 2 is 2.06 bits per heavy atom. The zero-order valence-electron chi connectivity index (χ0n) is 9.62. The fourth-order valence-corrected chi connectivity index (χ4v) is 1.25. The van der Waals surface area contributed by atoms with E-state index in [1.165, 1.54) is 0 Å². The van der Waals surface area contributed by atoms with E-state index in [1.807, 2.05) is 0 Å². The summed E-state index contributed by atoms with van der Waals surface area (Å²) in [5, 5.41) is 4.69. The van der Waals surface area contributed by atoms with E-state index in [2.05, 4.69) is 10.6 Å². The Morgan fingerprint density at radius 3 is 2.56 bits per heavy atom. The summed E-state index contributed by atoms with van der Waals surface area (Å²) < 4.78 is 4.91. The smallest absolute Gasteiger partial charge is 0.408 e. The molecule has 90 valence electrons. The molecule has 1 aliphatic rings. The topological polar surface area (TPSA) is 84.5 Å². The number of amides is 3. The average Bonchev–Trinajstić information content (AvgIpc) is 2.06. The van der Waals surface area contributed by atoms with Crippen molar-refractivity contribution >= 4 is 17.9 Å². The second-order valence-electron chi connectivity index (χ2n) is 4.72. The van der Waals surface area contributed by atoms with Crippen LogP contribution in [0.15, 0.2) is 0 Å². The minimum atomic E-state index is -0.875. The number of hydrogen-bond donors (Lipinski definition) is 2. The van der Waals surface area contributed by atoms with Crippen molar-refractivity contribution in [2.75, 3.05) is 0 Å². The molecule has 1 rings (SSSR count). The molecule has 6 heteroatoms. The maximum atomic E-state index is 11.4. The molecule has 16 heavy (non-hydrogen) atoms. The molecular formula is C10H16N2O4. The summed E-state index contributed by atoms with van der Waals surface area (Å²) in [5.74, 6) is -0.888. The molecule has 1 saturated heterocycles. The quantitative estimate of drug-likeness (QED) is 0.633. The Kier molecular flexibility index (Phi) is 3.51. The number of ether oxygens (including phenoxy) is 1. The highest BCUT2D eigenvalue weighted by molar-refractivity contribution is 6.00. The van der Waals surface area contributed by atoms with Gasteiger partial charge >= 0.3 is 6.09 Å². The van der Waals surface area contributed by atoms with Gasteiger partial charge in [0.05, 0.1) is 0 Å². The van der Waals surface area contributed by atoms with E-state index in [9.17, 15) is 14.4 Å². The normalized spacial score (nSPS) is 21.3. The lowest BCUT2D eigenvalue weighted by molar-refractivity contribution is -0.140. The van der Waals surface area contributed by atoms with E-state index in [4.69, 9.17) is 4.74 Å². The van der Waals surface area contributed by atoms with Crippen LogP contribution in [0.2, 0.25) is 0 Å². The number of carbonyl (C=O) groups is 3. The first kappa shape index (κ1) is 12.5. The molecule has 0 radical (unpaired) electrons. The molecule has 0 aromatic carbocycles. The third-order valence-corrected chi connectivity index (χ3v) is 1.92. The molecule has 0 aliphatic carbocycles. The van der Waals surface area contributed by atoms with Crippen molar-refractivity contribution in [2.45, 2.75) is 45.3 Å². The van der Waals surface area contributed by atoms with Gasteiger partial charge in [-0.15, -0.1) is 0 Å². The predicted molar refractivity (Wildman–Crippen MR) is 55.5 cm³/mol. The Labute approximate surface area is 93.7 Å². The average molecular weight is 228 g/mol. The van der Waals surface area contributed by atoms with Crippen molar-refractivity contribution in [3.63, 3.8) is 0 Å². The number of rotatable bonds is 1. The fourth-order valence-electron chi connectivity index (χ4n) is 1.25. The summed E-state index contributed by atoms with van der Waals surface area (Å²) in [6, 6.07) is 0. The molecule has 1 heterocycles. The van der Waals surface area contributed by atoms with Gasteiger partial charge in [0.15, 0.2) is 6.10 Å². The molecule has 2 N–H and O–H groups in total. The summed E-state index contributed by atoms with van der Waals surface area (Å²) in [5.41, 5.74) is -0.419. The standard InChI is InChI=1S/C10H16N2O4/c1-10(2,3)12-9(15)16-6-4-5-7(13)11-8(6)14/h6H,4-5H2,1-3H3,(H,12,15)(H,11,13,14). The SMILES string of the molecule is CC(C)(C)NC(=O)OC1CCC(=O)NC1=O. The van der Waals surface area contributed by atoms with Gasteiger partial charge in [0.2, 0.25) is 5.91 Å². The van der Waals surface area contributed by atoms with E-state index >= 15 is 0 Å². The van der Waals surface area contributed by atoms with Gasteiger partial charge in [-0.2, -0.15) is 0 Å². The van der Waals surface area contributed by atoms with Gasteiger partial charge in [0, 0.05) is 18.4 Å². The maximum absolute atomic E-state index is 11.4. The van der Waals surface area contributed by atoms with Crippen LogP contribution < -0.4 is 10.6 Å². The Morgan fingerprint density at radius 1 is 1.44 bits per heavy atom. The monoisotopic (exact) mass is 228 g/mol. The lowest BCUT2D eigenvalue weighted by Crippen LogP contribution is -2.49. The minimum absolute atomic E-state index is 0.194. The summed E-state index contributed by atoms with van der Waals surface area (Å²) in [7, 11) is 0. The maximum Gasteiger partial charge on any atom is 0.408 e. The van der Waals surface area contributed by atoms with Crippen molar-refractivity contribution in [1.29, 1.82) is 0 Å². The van der Waals surface area contributed by atoms with Crippen LogP contribution in [0, 0.1) is 0 Å². The van der Waals surface area contributed by atoms with Crippen LogP contribution in [-0.2, 0) is 14.3 Å². The first-order valence-electron chi connectivity index (χ1n) is 5.10. The van der Waals surface area contributed by atoms with Crippen LogP contribution in [0.25, 0.3) is 0 Å². The van der Waals surface area contributed by atoms with Gasteiger partial charge in [-0.1, -0.05) is 0 Å². The van der Waals surface area contributed by atoms with Crippen LogP contribution in [0.4, 0.5) is 4.79 Å². The summed E-state index contributed by atoms with van der Waals surface area (Å²) >= 11 is 0. The van der Waals surface area contributed by atoms with E-state index in [0.717, 1.165) is 0 Å². The summed E-state index contributed by atoms with van der Waals surface area (Å²) in [6.45, 7) is 5.41. The van der Waals surface area contributed by atoms with E-state index in [1.54, 1.807) is 20.8 Å². The zero-order chi connectivity index (χ0) is 12.3. The molecule has 1 atom stereocenters. The van der Waals surface area contributed by atoms with Gasteiger partial charge in [-0.25, -0.2) is 4.79 Å². The molecule has 1 aliphatic heterocycles. The highest BCUT2D eigenvalue weighted by Crippen LogP contribution is 2.09. The Bertz CT molecular complexity index is 319. The molecule has 0 aromatic rings. The largest absolute Gasteiger partial charge is 0.436 e. The first-order chi connectivity index (χ1) is 7.28. The van der Waals surface area contributed by atoms with Crippen molar-refractivity contribution in [3.8, 4) is 0 Å². The van der Waals surface area contributed by atoms with E-state index < -0.39 is 23.6 Å². The van der Waals surface area contributed by atoms with E-state index in [0.29, 0.717) is 0 Å². The minimum Gasteiger partial charge on any atom is -0.436 e. The van der Waals surface area contributed by atoms with Gasteiger partial charge in [-0.05, 0) is 20.8 Å². The molecule has 6 nitrogen and oxygen atoms in total. The first-order valence-corrected chi connectivity index (χ1v) is 5.10. The fraction of sp³-hybridized carbons (Fsp3) is 0.700. The molecule has 0 aromatic heterocycles. The van der Waals surface area contributed by atoms with Crippen molar-refractivity contribution in [1.82, 2.24) is 10.6 Å². The molecule has 3 amide bonds. The molecule has 1 unspecified atom stereocenters.